The highest BCUT2D eigenvalue weighted by Gasteiger charge is 2.51. The first-order valence-electron chi connectivity index (χ1n) is 11.7. The minimum atomic E-state index is -5.07. The fourth-order valence-corrected chi connectivity index (χ4v) is 3.81. The van der Waals surface area contributed by atoms with Crippen LogP contribution >= 0.6 is 11.6 Å². The van der Waals surface area contributed by atoms with Gasteiger partial charge < -0.3 is 31.5 Å². The van der Waals surface area contributed by atoms with Crippen molar-refractivity contribution in [2.24, 2.45) is 4.99 Å². The summed E-state index contributed by atoms with van der Waals surface area (Å²) in [5.74, 6) is -2.66. The number of carboxylic acids is 1. The topological polar surface area (TPSA) is 165 Å². The number of carbonyl (C=O) groups is 3. The molecule has 2 heterocycles. The summed E-state index contributed by atoms with van der Waals surface area (Å²) in [6.07, 6.45) is -4.30. The Labute approximate surface area is 230 Å². The molecule has 0 fully saturated rings. The van der Waals surface area contributed by atoms with E-state index in [1.165, 1.54) is 18.5 Å². The molecule has 1 aliphatic rings. The lowest BCUT2D eigenvalue weighted by molar-refractivity contribution is -0.258. The number of aliphatic carboxylic acids is 1. The Balaban J connectivity index is 1.68. The monoisotopic (exact) mass is 588 g/mol. The summed E-state index contributed by atoms with van der Waals surface area (Å²) < 4.78 is 53.2. The van der Waals surface area contributed by atoms with E-state index in [-0.39, 0.29) is 35.2 Å². The van der Waals surface area contributed by atoms with E-state index in [0.29, 0.717) is 12.6 Å². The van der Waals surface area contributed by atoms with Gasteiger partial charge in [0.15, 0.2) is 11.6 Å². The van der Waals surface area contributed by atoms with Crippen molar-refractivity contribution in [2.75, 3.05) is 25.0 Å². The van der Waals surface area contributed by atoms with E-state index < -0.39 is 60.3 Å². The molecule has 2 unspecified atom stereocenters. The lowest BCUT2D eigenvalue weighted by Gasteiger charge is -2.28. The Morgan fingerprint density at radius 3 is 2.55 bits per heavy atom. The number of hydrogen-bond donors (Lipinski definition) is 6. The summed E-state index contributed by atoms with van der Waals surface area (Å²) >= 11 is 5.94. The molecule has 40 heavy (non-hydrogen) atoms. The highest BCUT2D eigenvalue weighted by atomic mass is 35.5. The maximum Gasteiger partial charge on any atom is 0.421 e. The van der Waals surface area contributed by atoms with Crippen LogP contribution in [-0.2, 0) is 15.2 Å². The van der Waals surface area contributed by atoms with Gasteiger partial charge in [0.1, 0.15) is 6.17 Å². The number of benzene rings is 1. The number of hydrogen-bond acceptors (Lipinski definition) is 8. The van der Waals surface area contributed by atoms with E-state index in [2.05, 4.69) is 31.2 Å². The third-order valence-electron chi connectivity index (χ3n) is 5.76. The van der Waals surface area contributed by atoms with Crippen molar-refractivity contribution in [2.45, 2.75) is 37.3 Å². The zero-order chi connectivity index (χ0) is 29.7. The fourth-order valence-electron chi connectivity index (χ4n) is 3.56. The highest BCUT2D eigenvalue weighted by Crippen LogP contribution is 2.40. The molecule has 0 aliphatic carbocycles. The minimum Gasteiger partial charge on any atom is -0.481 e. The number of pyridine rings is 1. The second-order valence-corrected chi connectivity index (χ2v) is 9.44. The lowest BCUT2D eigenvalue weighted by atomic mass is 9.91. The second kappa shape index (κ2) is 12.5. The van der Waals surface area contributed by atoms with Gasteiger partial charge in [-0.05, 0) is 36.2 Å². The number of aliphatic imine (C=N–C) groups is 1. The molecule has 3 atom stereocenters. The van der Waals surface area contributed by atoms with Crippen molar-refractivity contribution in [3.8, 4) is 0 Å². The molecule has 3 rings (SSSR count). The van der Waals surface area contributed by atoms with Crippen LogP contribution in [0.5, 0.6) is 0 Å². The van der Waals surface area contributed by atoms with Crippen molar-refractivity contribution < 1.29 is 42.2 Å². The number of rotatable bonds is 9. The van der Waals surface area contributed by atoms with Crippen LogP contribution in [0.4, 0.5) is 23.2 Å². The van der Waals surface area contributed by atoms with Gasteiger partial charge in [-0.15, -0.1) is 0 Å². The molecule has 0 bridgehead atoms. The average Bonchev–Trinajstić information content (AvgIpc) is 2.87. The van der Waals surface area contributed by atoms with E-state index in [1.807, 2.05) is 0 Å². The largest absolute Gasteiger partial charge is 0.481 e. The van der Waals surface area contributed by atoms with Crippen LogP contribution in [-0.4, -0.2) is 70.9 Å². The van der Waals surface area contributed by atoms with Gasteiger partial charge in [-0.1, -0.05) is 17.7 Å². The number of aliphatic hydroxyl groups is 1. The molecule has 0 radical (unpaired) electrons. The molecule has 0 saturated heterocycles. The number of carbonyl (C=O) groups excluding carboxylic acids is 2. The van der Waals surface area contributed by atoms with E-state index in [9.17, 15) is 42.2 Å². The third-order valence-corrected chi connectivity index (χ3v) is 5.98. The van der Waals surface area contributed by atoms with Gasteiger partial charge in [0.25, 0.3) is 5.91 Å². The van der Waals surface area contributed by atoms with Gasteiger partial charge in [-0.2, -0.15) is 13.2 Å². The first kappa shape index (κ1) is 30.6. The van der Waals surface area contributed by atoms with Crippen LogP contribution in [0.2, 0.25) is 5.02 Å². The minimum absolute atomic E-state index is 0.0287. The molecular weight excluding hydrogens is 564 g/mol. The van der Waals surface area contributed by atoms with Crippen LogP contribution in [0.1, 0.15) is 40.9 Å². The van der Waals surface area contributed by atoms with Gasteiger partial charge in [0.2, 0.25) is 5.91 Å². The van der Waals surface area contributed by atoms with Crippen LogP contribution in [0, 0.1) is 0 Å². The molecule has 2 aromatic rings. The van der Waals surface area contributed by atoms with Gasteiger partial charge in [0, 0.05) is 11.2 Å². The van der Waals surface area contributed by atoms with Crippen molar-refractivity contribution in [1.29, 1.82) is 0 Å². The number of halogens is 5. The van der Waals surface area contributed by atoms with Gasteiger partial charge in [-0.25, -0.2) is 9.38 Å². The zero-order valence-electron chi connectivity index (χ0n) is 20.9. The maximum atomic E-state index is 13.3. The molecule has 0 spiro atoms. The summed E-state index contributed by atoms with van der Waals surface area (Å²) in [4.78, 5) is 44.4. The van der Waals surface area contributed by atoms with Crippen LogP contribution < -0.4 is 21.3 Å². The summed E-state index contributed by atoms with van der Waals surface area (Å²) in [5, 5.41) is 29.3. The highest BCUT2D eigenvalue weighted by molar-refractivity contribution is 6.30. The smallest absolute Gasteiger partial charge is 0.421 e. The van der Waals surface area contributed by atoms with Crippen LogP contribution in [0.15, 0.2) is 41.7 Å². The number of aromatic nitrogens is 1. The Morgan fingerprint density at radius 1 is 1.20 bits per heavy atom. The molecule has 2 amide bonds. The molecule has 216 valence electrons. The van der Waals surface area contributed by atoms with Gasteiger partial charge in [-0.3, -0.25) is 19.4 Å². The SMILES string of the molecule is CC(O)(c1cc(Cl)cc([C@H](CC(=O)O)NC(=O)CNC(=O)c2cncc(NC3=NCC(F)CN3)c2)c1)C(F)(F)F. The quantitative estimate of drug-likeness (QED) is 0.243. The third kappa shape index (κ3) is 8.02. The number of carboxylic acid groups (broad SMARTS) is 1. The Bertz CT molecular complexity index is 1310. The molecule has 6 N–H and O–H groups in total. The normalized spacial score (nSPS) is 17.5. The first-order chi connectivity index (χ1) is 18.7. The Kier molecular flexibility index (Phi) is 9.52. The van der Waals surface area contributed by atoms with Gasteiger partial charge in [0.05, 0.1) is 49.5 Å². The second-order valence-electron chi connectivity index (χ2n) is 9.00. The molecule has 11 nitrogen and oxygen atoms in total. The molecule has 1 aromatic heterocycles. The number of amides is 2. The summed E-state index contributed by atoms with van der Waals surface area (Å²) in [5.41, 5.74) is -3.65. The number of guanidine groups is 1. The standard InChI is InChI=1S/C24H25ClF4N6O5/c1-23(40,24(27,28)29)14-2-12(3-15(25)5-14)18(6-20(37)38)35-19(36)11-31-21(39)13-4-17(10-30-7-13)34-22-32-8-16(26)9-33-22/h2-5,7,10,16,18,40H,6,8-9,11H2,1H3,(H,31,39)(H,35,36)(H,37,38)(H2,32,33,34)/t18-,23?/m0/s1. The molecule has 0 saturated carbocycles. The van der Waals surface area contributed by atoms with E-state index >= 15 is 0 Å². The average molecular weight is 589 g/mol. The number of nitrogens with zero attached hydrogens (tertiary/aromatic N) is 2. The predicted octanol–water partition coefficient (Wildman–Crippen LogP) is 2.28. The Morgan fingerprint density at radius 2 is 1.93 bits per heavy atom. The van der Waals surface area contributed by atoms with Crippen molar-refractivity contribution in [3.63, 3.8) is 0 Å². The number of anilines is 1. The van der Waals surface area contributed by atoms with Crippen molar-refractivity contribution >= 4 is 41.0 Å². The molecule has 16 heteroatoms. The summed E-state index contributed by atoms with van der Waals surface area (Å²) in [6.45, 7) is -0.0678. The van der Waals surface area contributed by atoms with E-state index in [4.69, 9.17) is 11.6 Å². The number of alkyl halides is 4. The van der Waals surface area contributed by atoms with E-state index in [1.54, 1.807) is 0 Å². The summed E-state index contributed by atoms with van der Waals surface area (Å²) in [6, 6.07) is 3.00. The van der Waals surface area contributed by atoms with Crippen LogP contribution in [0.25, 0.3) is 0 Å². The summed E-state index contributed by atoms with van der Waals surface area (Å²) in [7, 11) is 0. The molecule has 1 aliphatic heterocycles. The lowest BCUT2D eigenvalue weighted by Crippen LogP contribution is -2.41. The predicted molar refractivity (Wildman–Crippen MR) is 136 cm³/mol. The molecular formula is C24H25ClF4N6O5. The van der Waals surface area contributed by atoms with Gasteiger partial charge >= 0.3 is 12.1 Å². The van der Waals surface area contributed by atoms with E-state index in [0.717, 1.165) is 18.2 Å². The first-order valence-corrected chi connectivity index (χ1v) is 12.1. The zero-order valence-corrected chi connectivity index (χ0v) is 21.6. The molecule has 1 aromatic carbocycles. The van der Waals surface area contributed by atoms with Crippen molar-refractivity contribution in [3.05, 3.63) is 58.4 Å². The fraction of sp³-hybridized carbons (Fsp3) is 0.375. The number of nitrogens with one attached hydrogen (secondary N) is 4. The Hall–Kier alpha value is -3.98. The maximum absolute atomic E-state index is 13.3. The van der Waals surface area contributed by atoms with Crippen molar-refractivity contribution in [1.82, 2.24) is 20.9 Å². The van der Waals surface area contributed by atoms with Crippen LogP contribution in [0.3, 0.4) is 0 Å².